The van der Waals surface area contributed by atoms with E-state index in [9.17, 15) is 23.6 Å². The number of carbonyl (C=O) groups excluding carboxylic acids is 4. The molecule has 1 fully saturated rings. The van der Waals surface area contributed by atoms with Gasteiger partial charge in [0.2, 0.25) is 11.8 Å². The van der Waals surface area contributed by atoms with Crippen molar-refractivity contribution in [3.8, 4) is 0 Å². The molecule has 2 atom stereocenters. The molecule has 0 radical (unpaired) electrons. The Morgan fingerprint density at radius 2 is 1.96 bits per heavy atom. The van der Waals surface area contributed by atoms with Gasteiger partial charge in [0.15, 0.2) is 0 Å². The van der Waals surface area contributed by atoms with Crippen molar-refractivity contribution < 1.29 is 28.3 Å². The molecule has 130 valence electrons. The number of piperidine rings is 1. The van der Waals surface area contributed by atoms with Crippen LogP contribution in [0.4, 0.5) is 4.39 Å². The van der Waals surface area contributed by atoms with Crippen molar-refractivity contribution in [1.29, 1.82) is 0 Å². The van der Waals surface area contributed by atoms with Gasteiger partial charge in [0.1, 0.15) is 11.9 Å². The van der Waals surface area contributed by atoms with Crippen molar-refractivity contribution in [2.24, 2.45) is 0 Å². The number of benzene rings is 1. The number of amides is 4. The molecule has 4 rings (SSSR count). The molecule has 1 aromatic rings. The third kappa shape index (κ3) is 2.21. The van der Waals surface area contributed by atoms with Crippen LogP contribution in [0, 0.1) is 5.82 Å². The number of nitrogens with one attached hydrogen (secondary N) is 1. The monoisotopic (exact) mass is 346 g/mol. The summed E-state index contributed by atoms with van der Waals surface area (Å²) in [6.45, 7) is 0. The summed E-state index contributed by atoms with van der Waals surface area (Å²) in [5.74, 6) is -3.39. The molecule has 4 amide bonds. The number of fused-ring (bicyclic) bond motifs is 2. The Kier molecular flexibility index (Phi) is 3.47. The summed E-state index contributed by atoms with van der Waals surface area (Å²) in [6, 6.07) is 0.435. The molecule has 0 aromatic heterocycles. The number of nitrogens with zero attached hydrogens (tertiary/aromatic N) is 1. The maximum Gasteiger partial charge on any atom is 0.265 e. The van der Waals surface area contributed by atoms with E-state index in [1.165, 1.54) is 13.2 Å². The zero-order valence-corrected chi connectivity index (χ0v) is 13.4. The molecule has 1 aliphatic carbocycles. The Hall–Kier alpha value is -2.61. The number of halogens is 1. The minimum Gasteiger partial charge on any atom is -0.381 e. The summed E-state index contributed by atoms with van der Waals surface area (Å²) < 4.78 is 20.1. The molecule has 1 saturated heterocycles. The Morgan fingerprint density at radius 1 is 1.20 bits per heavy atom. The number of hydrogen-bond acceptors (Lipinski definition) is 5. The van der Waals surface area contributed by atoms with Crippen molar-refractivity contribution in [3.05, 3.63) is 34.1 Å². The van der Waals surface area contributed by atoms with Gasteiger partial charge in [0.05, 0.1) is 17.2 Å². The van der Waals surface area contributed by atoms with Gasteiger partial charge in [0, 0.05) is 20.0 Å². The Morgan fingerprint density at radius 3 is 2.64 bits per heavy atom. The first-order valence-electron chi connectivity index (χ1n) is 8.01. The van der Waals surface area contributed by atoms with Gasteiger partial charge in [-0.05, 0) is 30.0 Å². The number of rotatable bonds is 2. The highest BCUT2D eigenvalue weighted by Crippen LogP contribution is 2.36. The maximum absolute atomic E-state index is 14.9. The van der Waals surface area contributed by atoms with E-state index in [1.54, 1.807) is 0 Å². The van der Waals surface area contributed by atoms with Gasteiger partial charge in [-0.25, -0.2) is 4.39 Å². The smallest absolute Gasteiger partial charge is 0.265 e. The van der Waals surface area contributed by atoms with E-state index in [4.69, 9.17) is 4.74 Å². The standard InChI is InChI=1S/C17H15FN2O5/c1-25-8-4-7-5-10-13(14(18)9(7)6-8)17(24)20(16(10)23)11-2-3-12(21)19-15(11)22/h5,8,11H,2-4,6H2,1H3,(H,19,21,22)/t8?,11-/m0/s1. The van der Waals surface area contributed by atoms with Crippen LogP contribution in [-0.4, -0.2) is 47.8 Å². The van der Waals surface area contributed by atoms with E-state index in [1.807, 2.05) is 0 Å². The summed E-state index contributed by atoms with van der Waals surface area (Å²) in [6.07, 6.45) is 0.700. The molecule has 2 aliphatic heterocycles. The third-order valence-electron chi connectivity index (χ3n) is 5.08. The number of ether oxygens (including phenoxy) is 1. The lowest BCUT2D eigenvalue weighted by Crippen LogP contribution is -2.54. The fraction of sp³-hybridized carbons (Fsp3) is 0.412. The lowest BCUT2D eigenvalue weighted by molar-refractivity contribution is -0.136. The van der Waals surface area contributed by atoms with Gasteiger partial charge in [-0.15, -0.1) is 0 Å². The molecule has 1 unspecified atom stereocenters. The van der Waals surface area contributed by atoms with Crippen LogP contribution in [0.15, 0.2) is 6.07 Å². The van der Waals surface area contributed by atoms with Crippen LogP contribution in [-0.2, 0) is 27.2 Å². The highest BCUT2D eigenvalue weighted by Gasteiger charge is 2.47. The molecular weight excluding hydrogens is 331 g/mol. The van der Waals surface area contributed by atoms with Crippen molar-refractivity contribution >= 4 is 23.6 Å². The molecule has 2 heterocycles. The first-order chi connectivity index (χ1) is 11.9. The SMILES string of the molecule is COC1Cc2cc3c(c(F)c2C1)C(=O)N([C@H]1CCC(=O)NC1=O)C3=O. The van der Waals surface area contributed by atoms with Crippen LogP contribution in [0.25, 0.3) is 0 Å². The molecule has 3 aliphatic rings. The second kappa shape index (κ2) is 5.45. The highest BCUT2D eigenvalue weighted by molar-refractivity contribution is 6.23. The van der Waals surface area contributed by atoms with E-state index in [2.05, 4.69) is 5.32 Å². The maximum atomic E-state index is 14.9. The van der Waals surface area contributed by atoms with Gasteiger partial charge >= 0.3 is 0 Å². The van der Waals surface area contributed by atoms with Crippen LogP contribution in [0.1, 0.15) is 44.7 Å². The van der Waals surface area contributed by atoms with Gasteiger partial charge in [0.25, 0.3) is 11.8 Å². The van der Waals surface area contributed by atoms with Crippen molar-refractivity contribution in [1.82, 2.24) is 10.2 Å². The van der Waals surface area contributed by atoms with Gasteiger partial charge in [-0.3, -0.25) is 29.4 Å². The fourth-order valence-corrected chi connectivity index (χ4v) is 3.79. The van der Waals surface area contributed by atoms with E-state index in [0.717, 1.165) is 4.90 Å². The molecule has 7 nitrogen and oxygen atoms in total. The van der Waals surface area contributed by atoms with Crippen LogP contribution in [0.2, 0.25) is 0 Å². The predicted molar refractivity (Wildman–Crippen MR) is 81.3 cm³/mol. The van der Waals surface area contributed by atoms with Gasteiger partial charge in [-0.1, -0.05) is 0 Å². The van der Waals surface area contributed by atoms with Gasteiger partial charge in [-0.2, -0.15) is 0 Å². The molecule has 0 bridgehead atoms. The van der Waals surface area contributed by atoms with Crippen molar-refractivity contribution in [3.63, 3.8) is 0 Å². The topological polar surface area (TPSA) is 92.8 Å². The quantitative estimate of drug-likeness (QED) is 0.780. The minimum atomic E-state index is -1.09. The first-order valence-corrected chi connectivity index (χ1v) is 8.01. The zero-order chi connectivity index (χ0) is 17.9. The van der Waals surface area contributed by atoms with Gasteiger partial charge < -0.3 is 4.74 Å². The average Bonchev–Trinajstić information content (AvgIpc) is 3.09. The average molecular weight is 346 g/mol. The number of imide groups is 2. The van der Waals surface area contributed by atoms with E-state index >= 15 is 0 Å². The largest absolute Gasteiger partial charge is 0.381 e. The lowest BCUT2D eigenvalue weighted by Gasteiger charge is -2.27. The summed E-state index contributed by atoms with van der Waals surface area (Å²) in [4.78, 5) is 49.4. The van der Waals surface area contributed by atoms with E-state index < -0.39 is 35.5 Å². The second-order valence-electron chi connectivity index (χ2n) is 6.46. The molecule has 8 heteroatoms. The third-order valence-corrected chi connectivity index (χ3v) is 5.08. The van der Waals surface area contributed by atoms with Crippen molar-refractivity contribution in [2.75, 3.05) is 7.11 Å². The Bertz CT molecular complexity index is 850. The highest BCUT2D eigenvalue weighted by atomic mass is 19.1. The first kappa shape index (κ1) is 15.9. The number of carbonyl (C=O) groups is 4. The molecular formula is C17H15FN2O5. The van der Waals surface area contributed by atoms with E-state index in [-0.39, 0.29) is 30.1 Å². The summed E-state index contributed by atoms with van der Waals surface area (Å²) >= 11 is 0. The minimum absolute atomic E-state index is 0.0253. The summed E-state index contributed by atoms with van der Waals surface area (Å²) in [5.41, 5.74) is 0.721. The number of methoxy groups -OCH3 is 1. The van der Waals surface area contributed by atoms with Crippen molar-refractivity contribution in [2.45, 2.75) is 37.8 Å². The second-order valence-corrected chi connectivity index (χ2v) is 6.46. The van der Waals surface area contributed by atoms with Crippen LogP contribution in [0.3, 0.4) is 0 Å². The van der Waals surface area contributed by atoms with Crippen LogP contribution in [0.5, 0.6) is 0 Å². The summed E-state index contributed by atoms with van der Waals surface area (Å²) in [5, 5.41) is 2.11. The molecule has 1 N–H and O–H groups in total. The van der Waals surface area contributed by atoms with Crippen LogP contribution < -0.4 is 5.32 Å². The predicted octanol–water partition coefficient (Wildman–Crippen LogP) is 0.341. The normalized spacial score (nSPS) is 25.3. The Balaban J connectivity index is 1.73. The lowest BCUT2D eigenvalue weighted by atomic mass is 10.0. The molecule has 0 saturated carbocycles. The molecule has 25 heavy (non-hydrogen) atoms. The van der Waals surface area contributed by atoms with Crippen LogP contribution >= 0.6 is 0 Å². The summed E-state index contributed by atoms with van der Waals surface area (Å²) in [7, 11) is 1.53. The molecule has 0 spiro atoms. The molecule has 1 aromatic carbocycles. The zero-order valence-electron chi connectivity index (χ0n) is 13.4. The van der Waals surface area contributed by atoms with E-state index in [0.29, 0.717) is 24.0 Å². The number of hydrogen-bond donors (Lipinski definition) is 1. The fourth-order valence-electron chi connectivity index (χ4n) is 3.79. The Labute approximate surface area is 142 Å².